The second kappa shape index (κ2) is 6.16. The van der Waals surface area contributed by atoms with Gasteiger partial charge in [0.1, 0.15) is 0 Å². The van der Waals surface area contributed by atoms with Gasteiger partial charge < -0.3 is 9.84 Å². The smallest absolute Gasteiger partial charge is 0.257 e. The zero-order valence-electron chi connectivity index (χ0n) is 12.6. The molecule has 24 heavy (non-hydrogen) atoms. The molecule has 1 saturated carbocycles. The van der Waals surface area contributed by atoms with E-state index in [2.05, 4.69) is 36.4 Å². The molecule has 120 valence electrons. The first kappa shape index (κ1) is 15.0. The molecule has 1 aliphatic carbocycles. The second-order valence-electron chi connectivity index (χ2n) is 5.66. The number of halogens is 1. The Kier molecular flexibility index (Phi) is 3.86. The fourth-order valence-corrected chi connectivity index (χ4v) is 2.69. The molecule has 6 nitrogen and oxygen atoms in total. The summed E-state index contributed by atoms with van der Waals surface area (Å²) in [6.07, 6.45) is 5.37. The van der Waals surface area contributed by atoms with E-state index in [1.165, 1.54) is 6.20 Å². The Morgan fingerprint density at radius 2 is 2.12 bits per heavy atom. The number of rotatable bonds is 4. The number of benzene rings is 1. The average molecular weight is 385 g/mol. The summed E-state index contributed by atoms with van der Waals surface area (Å²) in [5.74, 6) is 1.42. The first-order valence-corrected chi connectivity index (χ1v) is 8.34. The molecule has 1 fully saturated rings. The Morgan fingerprint density at radius 1 is 1.25 bits per heavy atom. The largest absolute Gasteiger partial charge is 0.339 e. The van der Waals surface area contributed by atoms with Gasteiger partial charge >= 0.3 is 0 Å². The van der Waals surface area contributed by atoms with Crippen LogP contribution in [0.25, 0.3) is 11.4 Å². The van der Waals surface area contributed by atoms with Crippen LogP contribution in [0.2, 0.25) is 0 Å². The van der Waals surface area contributed by atoms with Crippen molar-refractivity contribution in [2.24, 2.45) is 0 Å². The molecule has 1 amide bonds. The fraction of sp³-hybridized carbons (Fsp3) is 0.176. The van der Waals surface area contributed by atoms with Gasteiger partial charge in [-0.1, -0.05) is 17.3 Å². The first-order valence-electron chi connectivity index (χ1n) is 7.55. The molecule has 7 heteroatoms. The lowest BCUT2D eigenvalue weighted by molar-refractivity contribution is 0.102. The van der Waals surface area contributed by atoms with Crippen LogP contribution in [0.1, 0.15) is 35.0 Å². The zero-order chi connectivity index (χ0) is 16.5. The van der Waals surface area contributed by atoms with E-state index in [1.807, 2.05) is 24.3 Å². The van der Waals surface area contributed by atoms with Crippen LogP contribution in [0.3, 0.4) is 0 Å². The third kappa shape index (κ3) is 3.21. The van der Waals surface area contributed by atoms with Crippen molar-refractivity contribution >= 4 is 27.5 Å². The van der Waals surface area contributed by atoms with Gasteiger partial charge in [0.05, 0.1) is 5.56 Å². The van der Waals surface area contributed by atoms with E-state index in [-0.39, 0.29) is 5.91 Å². The molecule has 2 heterocycles. The van der Waals surface area contributed by atoms with Gasteiger partial charge in [0.25, 0.3) is 5.91 Å². The maximum atomic E-state index is 12.3. The van der Waals surface area contributed by atoms with Gasteiger partial charge in [-0.25, -0.2) is 0 Å². The standard InChI is InChI=1S/C17H13BrN4O2/c18-13-6-12(8-19-9-13)16(23)20-14-3-1-2-11(7-14)15-21-17(24-22-15)10-4-5-10/h1-3,6-10H,4-5H2,(H,20,23). The van der Waals surface area contributed by atoms with Crippen LogP contribution in [-0.4, -0.2) is 21.0 Å². The molecule has 1 aliphatic rings. The van der Waals surface area contributed by atoms with E-state index < -0.39 is 0 Å². The summed E-state index contributed by atoms with van der Waals surface area (Å²) in [6.45, 7) is 0. The normalized spacial score (nSPS) is 13.7. The summed E-state index contributed by atoms with van der Waals surface area (Å²) in [5, 5.41) is 6.87. The highest BCUT2D eigenvalue weighted by Gasteiger charge is 2.29. The molecule has 0 aliphatic heterocycles. The van der Waals surface area contributed by atoms with Crippen molar-refractivity contribution in [3.63, 3.8) is 0 Å². The van der Waals surface area contributed by atoms with E-state index in [0.29, 0.717) is 28.9 Å². The number of anilines is 1. The van der Waals surface area contributed by atoms with Crippen LogP contribution in [0.5, 0.6) is 0 Å². The van der Waals surface area contributed by atoms with Crippen molar-refractivity contribution < 1.29 is 9.32 Å². The molecular formula is C17H13BrN4O2. The van der Waals surface area contributed by atoms with E-state index in [1.54, 1.807) is 12.3 Å². The molecule has 2 aromatic heterocycles. The van der Waals surface area contributed by atoms with Gasteiger partial charge in [0.15, 0.2) is 0 Å². The van der Waals surface area contributed by atoms with Gasteiger partial charge in [0.2, 0.25) is 11.7 Å². The molecule has 3 aromatic rings. The van der Waals surface area contributed by atoms with Gasteiger partial charge in [-0.2, -0.15) is 4.98 Å². The van der Waals surface area contributed by atoms with Crippen LogP contribution in [-0.2, 0) is 0 Å². The molecule has 4 rings (SSSR count). The number of nitrogens with zero attached hydrogens (tertiary/aromatic N) is 3. The maximum absolute atomic E-state index is 12.3. The Hall–Kier alpha value is -2.54. The topological polar surface area (TPSA) is 80.9 Å². The van der Waals surface area contributed by atoms with Gasteiger partial charge in [-0.05, 0) is 47.0 Å². The molecule has 0 saturated heterocycles. The van der Waals surface area contributed by atoms with Crippen LogP contribution < -0.4 is 5.32 Å². The van der Waals surface area contributed by atoms with Crippen molar-refractivity contribution in [1.82, 2.24) is 15.1 Å². The number of hydrogen-bond acceptors (Lipinski definition) is 5. The Labute approximate surface area is 146 Å². The fourth-order valence-electron chi connectivity index (χ4n) is 2.32. The third-order valence-electron chi connectivity index (χ3n) is 3.71. The van der Waals surface area contributed by atoms with Crippen LogP contribution in [0.4, 0.5) is 5.69 Å². The molecule has 0 unspecified atom stereocenters. The maximum Gasteiger partial charge on any atom is 0.257 e. The van der Waals surface area contributed by atoms with Crippen molar-refractivity contribution in [2.75, 3.05) is 5.32 Å². The number of nitrogens with one attached hydrogen (secondary N) is 1. The monoisotopic (exact) mass is 384 g/mol. The lowest BCUT2D eigenvalue weighted by Gasteiger charge is -2.06. The third-order valence-corrected chi connectivity index (χ3v) is 4.15. The SMILES string of the molecule is O=C(Nc1cccc(-c2noc(C3CC3)n2)c1)c1cncc(Br)c1. The van der Waals surface area contributed by atoms with Crippen molar-refractivity contribution in [3.05, 3.63) is 58.7 Å². The molecule has 0 atom stereocenters. The summed E-state index contributed by atoms with van der Waals surface area (Å²) < 4.78 is 6.04. The number of aromatic nitrogens is 3. The molecule has 0 radical (unpaired) electrons. The van der Waals surface area contributed by atoms with Crippen molar-refractivity contribution in [2.45, 2.75) is 18.8 Å². The summed E-state index contributed by atoms with van der Waals surface area (Å²) in [7, 11) is 0. The molecule has 0 spiro atoms. The minimum Gasteiger partial charge on any atom is -0.339 e. The quantitative estimate of drug-likeness (QED) is 0.734. The summed E-state index contributed by atoms with van der Waals surface area (Å²) in [6, 6.07) is 9.09. The minimum absolute atomic E-state index is 0.229. The lowest BCUT2D eigenvalue weighted by Crippen LogP contribution is -2.12. The molecular weight excluding hydrogens is 372 g/mol. The number of amides is 1. The highest BCUT2D eigenvalue weighted by Crippen LogP contribution is 2.39. The van der Waals surface area contributed by atoms with Gasteiger partial charge in [0, 0.05) is 34.0 Å². The van der Waals surface area contributed by atoms with Gasteiger partial charge in [-0.15, -0.1) is 0 Å². The lowest BCUT2D eigenvalue weighted by atomic mass is 10.2. The van der Waals surface area contributed by atoms with Crippen molar-refractivity contribution in [3.8, 4) is 11.4 Å². The minimum atomic E-state index is -0.229. The Balaban J connectivity index is 1.54. The highest BCUT2D eigenvalue weighted by molar-refractivity contribution is 9.10. The Bertz CT molecular complexity index is 905. The van der Waals surface area contributed by atoms with E-state index in [0.717, 1.165) is 22.9 Å². The van der Waals surface area contributed by atoms with E-state index >= 15 is 0 Å². The number of carbonyl (C=O) groups is 1. The molecule has 1 N–H and O–H groups in total. The number of hydrogen-bond donors (Lipinski definition) is 1. The Morgan fingerprint density at radius 3 is 2.92 bits per heavy atom. The van der Waals surface area contributed by atoms with Gasteiger partial charge in [-0.3, -0.25) is 9.78 Å². The van der Waals surface area contributed by atoms with Crippen LogP contribution >= 0.6 is 15.9 Å². The highest BCUT2D eigenvalue weighted by atomic mass is 79.9. The van der Waals surface area contributed by atoms with Crippen LogP contribution in [0, 0.1) is 0 Å². The molecule has 0 bridgehead atoms. The number of pyridine rings is 1. The first-order chi connectivity index (χ1) is 11.7. The molecule has 1 aromatic carbocycles. The zero-order valence-corrected chi connectivity index (χ0v) is 14.2. The summed E-state index contributed by atoms with van der Waals surface area (Å²) >= 11 is 3.31. The predicted octanol–water partition coefficient (Wildman–Crippen LogP) is 4.02. The summed E-state index contributed by atoms with van der Waals surface area (Å²) in [4.78, 5) is 20.7. The van der Waals surface area contributed by atoms with Crippen LogP contribution in [0.15, 0.2) is 51.7 Å². The summed E-state index contributed by atoms with van der Waals surface area (Å²) in [5.41, 5.74) is 1.94. The average Bonchev–Trinajstić information content (AvgIpc) is 3.32. The van der Waals surface area contributed by atoms with E-state index in [4.69, 9.17) is 4.52 Å². The van der Waals surface area contributed by atoms with E-state index in [9.17, 15) is 4.79 Å². The second-order valence-corrected chi connectivity index (χ2v) is 6.57. The van der Waals surface area contributed by atoms with Crippen molar-refractivity contribution in [1.29, 1.82) is 0 Å². The predicted molar refractivity (Wildman–Crippen MR) is 91.6 cm³/mol. The number of carbonyl (C=O) groups excluding carboxylic acids is 1.